The first-order valence-corrected chi connectivity index (χ1v) is 6.13. The minimum atomic E-state index is 0.0830. The molecule has 2 N–H and O–H groups in total. The van der Waals surface area contributed by atoms with E-state index in [1.165, 1.54) is 0 Å². The van der Waals surface area contributed by atoms with Crippen LogP contribution in [0.1, 0.15) is 19.4 Å². The van der Waals surface area contributed by atoms with Crippen LogP contribution in [0.5, 0.6) is 11.5 Å². The minimum absolute atomic E-state index is 0.0830. The van der Waals surface area contributed by atoms with E-state index in [1.807, 2.05) is 25.2 Å². The van der Waals surface area contributed by atoms with Gasteiger partial charge in [0.1, 0.15) is 11.5 Å². The van der Waals surface area contributed by atoms with Gasteiger partial charge in [0.15, 0.2) is 0 Å². The van der Waals surface area contributed by atoms with E-state index < -0.39 is 0 Å². The van der Waals surface area contributed by atoms with E-state index in [0.29, 0.717) is 0 Å². The molecule has 0 aliphatic rings. The Morgan fingerprint density at radius 1 is 1.17 bits per heavy atom. The molecule has 0 amide bonds. The molecule has 0 aliphatic heterocycles. The van der Waals surface area contributed by atoms with Gasteiger partial charge in [0, 0.05) is 30.3 Å². The van der Waals surface area contributed by atoms with E-state index >= 15 is 0 Å². The van der Waals surface area contributed by atoms with E-state index in [2.05, 4.69) is 24.5 Å². The highest BCUT2D eigenvalue weighted by Gasteiger charge is 2.14. The first-order valence-electron chi connectivity index (χ1n) is 6.13. The number of hydrogen-bond acceptors (Lipinski definition) is 4. The van der Waals surface area contributed by atoms with Gasteiger partial charge in [-0.1, -0.05) is 6.07 Å². The van der Waals surface area contributed by atoms with E-state index in [4.69, 9.17) is 9.47 Å². The maximum absolute atomic E-state index is 5.36. The summed E-state index contributed by atoms with van der Waals surface area (Å²) in [5, 5.41) is 6.68. The largest absolute Gasteiger partial charge is 0.497 e. The average molecular weight is 252 g/mol. The third kappa shape index (κ3) is 4.20. The molecule has 0 aliphatic carbocycles. The lowest BCUT2D eigenvalue weighted by Gasteiger charge is -2.24. The molecule has 0 saturated carbocycles. The maximum Gasteiger partial charge on any atom is 0.127 e. The summed E-state index contributed by atoms with van der Waals surface area (Å²) in [6.45, 7) is 5.98. The lowest BCUT2D eigenvalue weighted by molar-refractivity contribution is 0.379. The second kappa shape index (κ2) is 6.61. The van der Waals surface area contributed by atoms with Gasteiger partial charge < -0.3 is 20.1 Å². The third-order valence-electron chi connectivity index (χ3n) is 3.05. The van der Waals surface area contributed by atoms with Gasteiger partial charge >= 0.3 is 0 Å². The zero-order valence-electron chi connectivity index (χ0n) is 12.0. The van der Waals surface area contributed by atoms with E-state index in [-0.39, 0.29) is 5.54 Å². The van der Waals surface area contributed by atoms with Gasteiger partial charge in [0.25, 0.3) is 0 Å². The molecular weight excluding hydrogens is 228 g/mol. The van der Waals surface area contributed by atoms with Crippen molar-refractivity contribution >= 4 is 0 Å². The highest BCUT2D eigenvalue weighted by molar-refractivity contribution is 5.40. The molecule has 18 heavy (non-hydrogen) atoms. The molecule has 0 aromatic heterocycles. The summed E-state index contributed by atoms with van der Waals surface area (Å²) >= 11 is 0. The second-order valence-corrected chi connectivity index (χ2v) is 4.92. The number of rotatable bonds is 7. The molecule has 0 unspecified atom stereocenters. The Kier molecular flexibility index (Phi) is 5.44. The highest BCUT2D eigenvalue weighted by atomic mass is 16.5. The Hall–Kier alpha value is -1.26. The summed E-state index contributed by atoms with van der Waals surface area (Å²) in [6.07, 6.45) is 0. The fraction of sp³-hybridized carbons (Fsp3) is 0.571. The molecule has 0 bridgehead atoms. The monoisotopic (exact) mass is 252 g/mol. The van der Waals surface area contributed by atoms with E-state index in [0.717, 1.165) is 30.2 Å². The van der Waals surface area contributed by atoms with Gasteiger partial charge in [-0.3, -0.25) is 0 Å². The van der Waals surface area contributed by atoms with Crippen molar-refractivity contribution in [2.24, 2.45) is 0 Å². The third-order valence-corrected chi connectivity index (χ3v) is 3.05. The van der Waals surface area contributed by atoms with Crippen molar-refractivity contribution in [1.29, 1.82) is 0 Å². The van der Waals surface area contributed by atoms with Gasteiger partial charge in [0.2, 0.25) is 0 Å². The first kappa shape index (κ1) is 14.8. The fourth-order valence-corrected chi connectivity index (χ4v) is 1.60. The molecule has 0 atom stereocenters. The summed E-state index contributed by atoms with van der Waals surface area (Å²) < 4.78 is 10.5. The zero-order chi connectivity index (χ0) is 13.6. The van der Waals surface area contributed by atoms with Crippen molar-refractivity contribution in [1.82, 2.24) is 10.6 Å². The number of benzene rings is 1. The van der Waals surface area contributed by atoms with Crippen LogP contribution < -0.4 is 20.1 Å². The van der Waals surface area contributed by atoms with Gasteiger partial charge in [-0.05, 0) is 27.0 Å². The predicted molar refractivity (Wildman–Crippen MR) is 74.4 cm³/mol. The molecular formula is C14H24N2O2. The fourth-order valence-electron chi connectivity index (χ4n) is 1.60. The van der Waals surface area contributed by atoms with Gasteiger partial charge in [-0.15, -0.1) is 0 Å². The van der Waals surface area contributed by atoms with Crippen molar-refractivity contribution in [2.45, 2.75) is 25.9 Å². The quantitative estimate of drug-likeness (QED) is 0.776. The predicted octanol–water partition coefficient (Wildman–Crippen LogP) is 1.79. The molecule has 0 heterocycles. The summed E-state index contributed by atoms with van der Waals surface area (Å²) in [6, 6.07) is 5.88. The Morgan fingerprint density at radius 2 is 1.89 bits per heavy atom. The van der Waals surface area contributed by atoms with E-state index in [9.17, 15) is 0 Å². The average Bonchev–Trinajstić information content (AvgIpc) is 2.38. The Morgan fingerprint density at radius 3 is 2.44 bits per heavy atom. The lowest BCUT2D eigenvalue weighted by atomic mass is 10.1. The Balaban J connectivity index is 2.62. The summed E-state index contributed by atoms with van der Waals surface area (Å²) in [7, 11) is 5.30. The van der Waals surface area contributed by atoms with Crippen molar-refractivity contribution in [2.75, 3.05) is 27.8 Å². The number of ether oxygens (including phenoxy) is 2. The summed E-state index contributed by atoms with van der Waals surface area (Å²) in [4.78, 5) is 0. The van der Waals surface area contributed by atoms with Crippen molar-refractivity contribution in [3.63, 3.8) is 0 Å². The Bertz CT molecular complexity index is 378. The second-order valence-electron chi connectivity index (χ2n) is 4.92. The highest BCUT2D eigenvalue weighted by Crippen LogP contribution is 2.24. The maximum atomic E-state index is 5.36. The van der Waals surface area contributed by atoms with Crippen LogP contribution in [0.2, 0.25) is 0 Å². The smallest absolute Gasteiger partial charge is 0.127 e. The summed E-state index contributed by atoms with van der Waals surface area (Å²) in [5.74, 6) is 1.66. The van der Waals surface area contributed by atoms with Crippen LogP contribution >= 0.6 is 0 Å². The van der Waals surface area contributed by atoms with Crippen LogP contribution in [0, 0.1) is 0 Å². The van der Waals surface area contributed by atoms with Crippen LogP contribution in [0.3, 0.4) is 0 Å². The Labute approximate surface area is 110 Å². The number of hydrogen-bond donors (Lipinski definition) is 2. The van der Waals surface area contributed by atoms with Crippen LogP contribution in [0.4, 0.5) is 0 Å². The first-order chi connectivity index (χ1) is 8.52. The molecule has 0 spiro atoms. The molecule has 1 aromatic carbocycles. The van der Waals surface area contributed by atoms with Crippen molar-refractivity contribution in [3.8, 4) is 11.5 Å². The molecule has 4 heteroatoms. The normalized spacial score (nSPS) is 11.4. The minimum Gasteiger partial charge on any atom is -0.497 e. The van der Waals surface area contributed by atoms with E-state index in [1.54, 1.807) is 14.2 Å². The molecule has 0 radical (unpaired) electrons. The molecule has 1 rings (SSSR count). The van der Waals surface area contributed by atoms with Crippen LogP contribution in [-0.2, 0) is 6.54 Å². The lowest BCUT2D eigenvalue weighted by Crippen LogP contribution is -2.45. The molecule has 1 aromatic rings. The number of likely N-dealkylation sites (N-methyl/N-ethyl adjacent to an activating group) is 1. The SMILES string of the molecule is CNC(C)(C)CNCc1ccc(OC)cc1OC. The molecule has 0 fully saturated rings. The molecule has 102 valence electrons. The van der Waals surface area contributed by atoms with Gasteiger partial charge in [-0.2, -0.15) is 0 Å². The molecule has 4 nitrogen and oxygen atoms in total. The van der Waals surface area contributed by atoms with Crippen LogP contribution in [0.15, 0.2) is 18.2 Å². The number of methoxy groups -OCH3 is 2. The van der Waals surface area contributed by atoms with Crippen LogP contribution in [0.25, 0.3) is 0 Å². The van der Waals surface area contributed by atoms with Crippen molar-refractivity contribution < 1.29 is 9.47 Å². The standard InChI is InChI=1S/C14H24N2O2/c1-14(2,15-3)10-16-9-11-6-7-12(17-4)8-13(11)18-5/h6-8,15-16H,9-10H2,1-5H3. The van der Waals surface area contributed by atoms with Crippen molar-refractivity contribution in [3.05, 3.63) is 23.8 Å². The zero-order valence-corrected chi connectivity index (χ0v) is 12.0. The van der Waals surface area contributed by atoms with Crippen LogP contribution in [-0.4, -0.2) is 33.4 Å². The molecule has 0 saturated heterocycles. The summed E-state index contributed by atoms with van der Waals surface area (Å²) in [5.41, 5.74) is 1.21. The van der Waals surface area contributed by atoms with Gasteiger partial charge in [0.05, 0.1) is 14.2 Å². The number of nitrogens with one attached hydrogen (secondary N) is 2. The topological polar surface area (TPSA) is 42.5 Å². The van der Waals surface area contributed by atoms with Gasteiger partial charge in [-0.25, -0.2) is 0 Å².